The monoisotopic (exact) mass is 407 g/mol. The lowest BCUT2D eigenvalue weighted by molar-refractivity contribution is -0.146. The molecule has 2 N–H and O–H groups in total. The van der Waals surface area contributed by atoms with E-state index in [2.05, 4.69) is 15.6 Å². The molecule has 9 nitrogen and oxygen atoms in total. The number of anilines is 1. The van der Waals surface area contributed by atoms with E-state index in [0.717, 1.165) is 0 Å². The van der Waals surface area contributed by atoms with Crippen LogP contribution in [0.15, 0.2) is 36.5 Å². The van der Waals surface area contributed by atoms with Gasteiger partial charge in [-0.05, 0) is 24.3 Å². The van der Waals surface area contributed by atoms with E-state index in [9.17, 15) is 14.4 Å². The zero-order valence-electron chi connectivity index (χ0n) is 15.2. The van der Waals surface area contributed by atoms with Gasteiger partial charge in [0.1, 0.15) is 23.7 Å². The number of nitrogens with one attached hydrogen (secondary N) is 2. The Kier molecular flexibility index (Phi) is 7.58. The molecule has 0 atom stereocenters. The van der Waals surface area contributed by atoms with Gasteiger partial charge in [-0.1, -0.05) is 11.6 Å². The second-order valence-corrected chi connectivity index (χ2v) is 5.75. The molecule has 0 saturated carbocycles. The SMILES string of the molecule is COc1ccc(OC)c(NC(=O)COC(=O)CNC(=O)c2cc(Cl)ccn2)c1. The molecule has 0 fully saturated rings. The van der Waals surface area contributed by atoms with Crippen LogP contribution < -0.4 is 20.1 Å². The lowest BCUT2D eigenvalue weighted by Gasteiger charge is -2.12. The number of pyridine rings is 1. The molecule has 0 aliphatic rings. The maximum Gasteiger partial charge on any atom is 0.325 e. The molecule has 0 saturated heterocycles. The molecule has 0 aliphatic heterocycles. The summed E-state index contributed by atoms with van der Waals surface area (Å²) in [6.45, 7) is -0.965. The second kappa shape index (κ2) is 10.1. The molecule has 2 rings (SSSR count). The quantitative estimate of drug-likeness (QED) is 0.639. The van der Waals surface area contributed by atoms with Crippen LogP contribution in [0.3, 0.4) is 0 Å². The summed E-state index contributed by atoms with van der Waals surface area (Å²) in [4.78, 5) is 39.4. The topological polar surface area (TPSA) is 116 Å². The first-order valence-electron chi connectivity index (χ1n) is 8.00. The van der Waals surface area contributed by atoms with Gasteiger partial charge in [0.2, 0.25) is 0 Å². The Morgan fingerprint density at radius 1 is 1.11 bits per heavy atom. The summed E-state index contributed by atoms with van der Waals surface area (Å²) in [5.41, 5.74) is 0.423. The highest BCUT2D eigenvalue weighted by Gasteiger charge is 2.13. The summed E-state index contributed by atoms with van der Waals surface area (Å²) in [5.74, 6) is -1.02. The summed E-state index contributed by atoms with van der Waals surface area (Å²) in [6, 6.07) is 7.74. The van der Waals surface area contributed by atoms with Crippen LogP contribution in [0.25, 0.3) is 0 Å². The third-order valence-electron chi connectivity index (χ3n) is 3.39. The number of esters is 1. The van der Waals surface area contributed by atoms with E-state index < -0.39 is 30.9 Å². The Balaban J connectivity index is 1.81. The van der Waals surface area contributed by atoms with Crippen LogP contribution in [0.4, 0.5) is 5.69 Å². The van der Waals surface area contributed by atoms with Crippen LogP contribution in [-0.4, -0.2) is 50.1 Å². The maximum absolute atomic E-state index is 12.0. The molecule has 1 heterocycles. The number of carbonyl (C=O) groups is 3. The van der Waals surface area contributed by atoms with Crippen molar-refractivity contribution in [2.45, 2.75) is 0 Å². The van der Waals surface area contributed by atoms with Crippen molar-refractivity contribution in [3.05, 3.63) is 47.2 Å². The number of hydrogen-bond donors (Lipinski definition) is 2. The predicted octanol–water partition coefficient (Wildman–Crippen LogP) is 1.66. The first-order chi connectivity index (χ1) is 13.4. The number of rotatable bonds is 8. The van der Waals surface area contributed by atoms with Crippen LogP contribution >= 0.6 is 11.6 Å². The zero-order valence-corrected chi connectivity index (χ0v) is 15.9. The molecule has 148 valence electrons. The Bertz CT molecular complexity index is 874. The van der Waals surface area contributed by atoms with Crippen LogP contribution in [0, 0.1) is 0 Å². The predicted molar refractivity (Wildman–Crippen MR) is 101 cm³/mol. The Morgan fingerprint density at radius 2 is 1.89 bits per heavy atom. The standard InChI is InChI=1S/C18H18ClN3O6/c1-26-12-3-4-15(27-2)13(8-12)22-16(23)10-28-17(24)9-21-18(25)14-7-11(19)5-6-20-14/h3-8H,9-10H2,1-2H3,(H,21,25)(H,22,23). The first-order valence-corrected chi connectivity index (χ1v) is 8.38. The highest BCUT2D eigenvalue weighted by molar-refractivity contribution is 6.30. The molecule has 2 aromatic rings. The van der Waals surface area contributed by atoms with Crippen LogP contribution in [0.1, 0.15) is 10.5 Å². The van der Waals surface area contributed by atoms with Crippen molar-refractivity contribution in [2.24, 2.45) is 0 Å². The Labute approximate surface area is 165 Å². The zero-order chi connectivity index (χ0) is 20.5. The van der Waals surface area contributed by atoms with Gasteiger partial charge >= 0.3 is 5.97 Å². The maximum atomic E-state index is 12.0. The normalized spacial score (nSPS) is 9.96. The average molecular weight is 408 g/mol. The number of amides is 2. The van der Waals surface area contributed by atoms with E-state index in [1.807, 2.05) is 0 Å². The number of ether oxygens (including phenoxy) is 3. The summed E-state index contributed by atoms with van der Waals surface area (Å²) < 4.78 is 15.1. The van der Waals surface area contributed by atoms with Gasteiger partial charge in [-0.15, -0.1) is 0 Å². The highest BCUT2D eigenvalue weighted by atomic mass is 35.5. The van der Waals surface area contributed by atoms with Crippen LogP contribution in [0.2, 0.25) is 5.02 Å². The highest BCUT2D eigenvalue weighted by Crippen LogP contribution is 2.28. The number of nitrogens with zero attached hydrogens (tertiary/aromatic N) is 1. The summed E-state index contributed by atoms with van der Waals surface area (Å²) in [5, 5.41) is 5.23. The molecule has 10 heteroatoms. The minimum atomic E-state index is -0.789. The lowest BCUT2D eigenvalue weighted by atomic mass is 10.2. The average Bonchev–Trinajstić information content (AvgIpc) is 2.70. The summed E-state index contributed by atoms with van der Waals surface area (Å²) in [6.07, 6.45) is 1.37. The van der Waals surface area contributed by atoms with Crippen molar-refractivity contribution >= 4 is 35.1 Å². The van der Waals surface area contributed by atoms with Gasteiger partial charge in [-0.3, -0.25) is 19.4 Å². The first kappa shape index (κ1) is 21.0. The molecule has 0 bridgehead atoms. The fraction of sp³-hybridized carbons (Fsp3) is 0.222. The Hall–Kier alpha value is -3.33. The summed E-state index contributed by atoms with van der Waals surface area (Å²) in [7, 11) is 2.94. The number of methoxy groups -OCH3 is 2. The van der Waals surface area contributed by atoms with E-state index in [-0.39, 0.29) is 5.69 Å². The lowest BCUT2D eigenvalue weighted by Crippen LogP contribution is -2.32. The molecule has 0 spiro atoms. The molecule has 1 aromatic heterocycles. The number of hydrogen-bond acceptors (Lipinski definition) is 7. The largest absolute Gasteiger partial charge is 0.497 e. The minimum Gasteiger partial charge on any atom is -0.497 e. The van der Waals surface area contributed by atoms with E-state index in [1.54, 1.807) is 18.2 Å². The second-order valence-electron chi connectivity index (χ2n) is 5.32. The van der Waals surface area contributed by atoms with E-state index in [1.165, 1.54) is 32.5 Å². The fourth-order valence-electron chi connectivity index (χ4n) is 2.07. The van der Waals surface area contributed by atoms with Gasteiger partial charge < -0.3 is 24.8 Å². The van der Waals surface area contributed by atoms with Gasteiger partial charge in [-0.2, -0.15) is 0 Å². The van der Waals surface area contributed by atoms with Crippen molar-refractivity contribution in [1.29, 1.82) is 0 Å². The van der Waals surface area contributed by atoms with Crippen LogP contribution in [0.5, 0.6) is 11.5 Å². The molecule has 28 heavy (non-hydrogen) atoms. The molecular formula is C18H18ClN3O6. The van der Waals surface area contributed by atoms with E-state index in [4.69, 9.17) is 25.8 Å². The smallest absolute Gasteiger partial charge is 0.325 e. The fourth-order valence-corrected chi connectivity index (χ4v) is 2.23. The molecular weight excluding hydrogens is 390 g/mol. The molecule has 0 unspecified atom stereocenters. The summed E-state index contributed by atoms with van der Waals surface area (Å²) >= 11 is 5.77. The van der Waals surface area contributed by atoms with Gasteiger partial charge in [-0.25, -0.2) is 0 Å². The van der Waals surface area contributed by atoms with Gasteiger partial charge in [0.15, 0.2) is 6.61 Å². The van der Waals surface area contributed by atoms with Crippen molar-refractivity contribution in [3.63, 3.8) is 0 Å². The van der Waals surface area contributed by atoms with Gasteiger partial charge in [0.05, 0.1) is 19.9 Å². The number of aromatic nitrogens is 1. The van der Waals surface area contributed by atoms with Crippen molar-refractivity contribution in [2.75, 3.05) is 32.7 Å². The van der Waals surface area contributed by atoms with Crippen molar-refractivity contribution in [1.82, 2.24) is 10.3 Å². The number of carbonyl (C=O) groups excluding carboxylic acids is 3. The van der Waals surface area contributed by atoms with E-state index in [0.29, 0.717) is 22.2 Å². The minimum absolute atomic E-state index is 0.0585. The molecule has 0 radical (unpaired) electrons. The molecule has 2 amide bonds. The number of halogens is 1. The molecule has 0 aliphatic carbocycles. The van der Waals surface area contributed by atoms with Crippen molar-refractivity contribution in [3.8, 4) is 11.5 Å². The van der Waals surface area contributed by atoms with Crippen LogP contribution in [-0.2, 0) is 14.3 Å². The molecule has 1 aromatic carbocycles. The Morgan fingerprint density at radius 3 is 2.57 bits per heavy atom. The van der Waals surface area contributed by atoms with Gasteiger partial charge in [0, 0.05) is 17.3 Å². The van der Waals surface area contributed by atoms with E-state index >= 15 is 0 Å². The third-order valence-corrected chi connectivity index (χ3v) is 3.63. The third kappa shape index (κ3) is 6.13. The van der Waals surface area contributed by atoms with Gasteiger partial charge in [0.25, 0.3) is 11.8 Å². The number of benzene rings is 1. The van der Waals surface area contributed by atoms with Crippen molar-refractivity contribution < 1.29 is 28.6 Å².